The van der Waals surface area contributed by atoms with E-state index in [9.17, 15) is 4.79 Å². The molecule has 2 rings (SSSR count). The molecule has 26 heavy (non-hydrogen) atoms. The van der Waals surface area contributed by atoms with E-state index in [-0.39, 0.29) is 11.9 Å². The number of carbonyl (C=O) groups excluding carboxylic acids is 1. The zero-order valence-electron chi connectivity index (χ0n) is 15.7. The smallest absolute Gasteiger partial charge is 0.251 e. The number of hydrogen-bond donors (Lipinski definition) is 1. The van der Waals surface area contributed by atoms with Gasteiger partial charge in [0, 0.05) is 5.56 Å². The number of amides is 1. The van der Waals surface area contributed by atoms with Crippen molar-refractivity contribution in [2.75, 3.05) is 13.7 Å². The fraction of sp³-hybridized carbons (Fsp3) is 0.381. The molecule has 2 aromatic carbocycles. The highest BCUT2D eigenvalue weighted by Crippen LogP contribution is 2.27. The molecule has 0 aromatic heterocycles. The first-order valence-corrected chi connectivity index (χ1v) is 9.19. The normalized spacial score (nSPS) is 11.9. The van der Waals surface area contributed by atoms with Crippen LogP contribution in [0.4, 0.5) is 0 Å². The highest BCUT2D eigenvalue weighted by atomic mass is 35.5. The van der Waals surface area contributed by atoms with Crippen LogP contribution >= 0.6 is 11.6 Å². The summed E-state index contributed by atoms with van der Waals surface area (Å²) in [5.74, 6) is 1.66. The zero-order valence-corrected chi connectivity index (χ0v) is 16.5. The Morgan fingerprint density at radius 2 is 1.85 bits per heavy atom. The van der Waals surface area contributed by atoms with Crippen molar-refractivity contribution in [3.8, 4) is 11.5 Å². The molecule has 2 aromatic rings. The molecule has 0 radical (unpaired) electrons. The first-order chi connectivity index (χ1) is 12.4. The summed E-state index contributed by atoms with van der Waals surface area (Å²) < 4.78 is 10.6. The van der Waals surface area contributed by atoms with Gasteiger partial charge in [-0.3, -0.25) is 4.79 Å². The lowest BCUT2D eigenvalue weighted by Gasteiger charge is -2.21. The van der Waals surface area contributed by atoms with Crippen molar-refractivity contribution in [3.05, 3.63) is 58.6 Å². The fourth-order valence-corrected chi connectivity index (χ4v) is 2.98. The van der Waals surface area contributed by atoms with Gasteiger partial charge < -0.3 is 14.8 Å². The molecule has 5 heteroatoms. The van der Waals surface area contributed by atoms with Gasteiger partial charge in [-0.15, -0.1) is 0 Å². The number of methoxy groups -OCH3 is 1. The number of rotatable bonds is 8. The Hall–Kier alpha value is -2.20. The van der Waals surface area contributed by atoms with Crippen LogP contribution in [-0.4, -0.2) is 19.6 Å². The Balaban J connectivity index is 2.18. The van der Waals surface area contributed by atoms with Gasteiger partial charge in [0.2, 0.25) is 0 Å². The molecule has 0 bridgehead atoms. The molecule has 1 unspecified atom stereocenters. The fourth-order valence-electron chi connectivity index (χ4n) is 2.74. The van der Waals surface area contributed by atoms with Crippen LogP contribution < -0.4 is 14.8 Å². The van der Waals surface area contributed by atoms with Crippen molar-refractivity contribution in [3.63, 3.8) is 0 Å². The summed E-state index contributed by atoms with van der Waals surface area (Å²) in [5.41, 5.74) is 1.56. The van der Waals surface area contributed by atoms with Gasteiger partial charge in [0.1, 0.15) is 11.5 Å². The minimum Gasteiger partial charge on any atom is -0.497 e. The SMILES string of the molecule is CCOc1ccc(C(=O)NC(CC(C)C)c2ccc(OC)cc2)cc1Cl. The molecule has 1 N–H and O–H groups in total. The summed E-state index contributed by atoms with van der Waals surface area (Å²) in [6.45, 7) is 6.69. The predicted octanol–water partition coefficient (Wildman–Crippen LogP) is 5.26. The standard InChI is InChI=1S/C21H26ClNO3/c1-5-26-20-11-8-16(13-18(20)22)21(24)23-19(12-14(2)3)15-6-9-17(25-4)10-7-15/h6-11,13-14,19H,5,12H2,1-4H3,(H,23,24). The van der Waals surface area contributed by atoms with Gasteiger partial charge in [-0.2, -0.15) is 0 Å². The molecule has 1 amide bonds. The van der Waals surface area contributed by atoms with Crippen molar-refractivity contribution >= 4 is 17.5 Å². The third-order valence-corrected chi connectivity index (χ3v) is 4.32. The zero-order chi connectivity index (χ0) is 19.1. The lowest BCUT2D eigenvalue weighted by Crippen LogP contribution is -2.29. The average molecular weight is 376 g/mol. The maximum absolute atomic E-state index is 12.7. The number of hydrogen-bond acceptors (Lipinski definition) is 3. The second-order valence-electron chi connectivity index (χ2n) is 6.51. The molecular formula is C21H26ClNO3. The van der Waals surface area contributed by atoms with Crippen molar-refractivity contribution in [1.29, 1.82) is 0 Å². The first kappa shape index (κ1) is 20.1. The molecule has 4 nitrogen and oxygen atoms in total. The molecule has 0 spiro atoms. The van der Waals surface area contributed by atoms with Gasteiger partial charge in [0.05, 0.1) is 24.8 Å². The van der Waals surface area contributed by atoms with Crippen LogP contribution in [0.25, 0.3) is 0 Å². The van der Waals surface area contributed by atoms with E-state index in [0.717, 1.165) is 17.7 Å². The average Bonchev–Trinajstić information content (AvgIpc) is 2.62. The molecule has 0 aliphatic carbocycles. The quantitative estimate of drug-likeness (QED) is 0.684. The summed E-state index contributed by atoms with van der Waals surface area (Å²) in [4.78, 5) is 12.7. The van der Waals surface area contributed by atoms with Gasteiger partial charge in [0.25, 0.3) is 5.91 Å². The largest absolute Gasteiger partial charge is 0.497 e. The molecule has 0 heterocycles. The molecule has 0 fully saturated rings. The van der Waals surface area contributed by atoms with E-state index in [2.05, 4.69) is 19.2 Å². The summed E-state index contributed by atoms with van der Waals surface area (Å²) in [7, 11) is 1.64. The Morgan fingerprint density at radius 1 is 1.15 bits per heavy atom. The van der Waals surface area contributed by atoms with Gasteiger partial charge in [-0.05, 0) is 55.2 Å². The van der Waals surface area contributed by atoms with Gasteiger partial charge in [-0.25, -0.2) is 0 Å². The number of benzene rings is 2. The van der Waals surface area contributed by atoms with E-state index in [4.69, 9.17) is 21.1 Å². The first-order valence-electron chi connectivity index (χ1n) is 8.81. The van der Waals surface area contributed by atoms with E-state index < -0.39 is 0 Å². The van der Waals surface area contributed by atoms with Crippen molar-refractivity contribution in [1.82, 2.24) is 5.32 Å². The van der Waals surface area contributed by atoms with Gasteiger partial charge in [-0.1, -0.05) is 37.6 Å². The molecule has 0 aliphatic heterocycles. The highest BCUT2D eigenvalue weighted by Gasteiger charge is 2.18. The van der Waals surface area contributed by atoms with Crippen molar-refractivity contribution < 1.29 is 14.3 Å². The number of nitrogens with one attached hydrogen (secondary N) is 1. The number of carbonyl (C=O) groups is 1. The third kappa shape index (κ3) is 5.40. The van der Waals surface area contributed by atoms with Gasteiger partial charge in [0.15, 0.2) is 0 Å². The summed E-state index contributed by atoms with van der Waals surface area (Å²) in [6.07, 6.45) is 0.836. The monoisotopic (exact) mass is 375 g/mol. The van der Waals surface area contributed by atoms with Crippen LogP contribution in [-0.2, 0) is 0 Å². The minimum absolute atomic E-state index is 0.0845. The van der Waals surface area contributed by atoms with Crippen LogP contribution in [0, 0.1) is 5.92 Å². The lowest BCUT2D eigenvalue weighted by atomic mass is 9.96. The summed E-state index contributed by atoms with van der Waals surface area (Å²) in [6, 6.07) is 12.8. The highest BCUT2D eigenvalue weighted by molar-refractivity contribution is 6.32. The summed E-state index contributed by atoms with van der Waals surface area (Å²) >= 11 is 6.20. The summed E-state index contributed by atoms with van der Waals surface area (Å²) in [5, 5.41) is 3.55. The maximum atomic E-state index is 12.7. The Morgan fingerprint density at radius 3 is 2.38 bits per heavy atom. The molecule has 1 atom stereocenters. The molecule has 0 saturated heterocycles. The van der Waals surface area contributed by atoms with Crippen molar-refractivity contribution in [2.24, 2.45) is 5.92 Å². The minimum atomic E-state index is -0.156. The van der Waals surface area contributed by atoms with E-state index in [1.54, 1.807) is 25.3 Å². The second-order valence-corrected chi connectivity index (χ2v) is 6.91. The van der Waals surface area contributed by atoms with Crippen molar-refractivity contribution in [2.45, 2.75) is 33.2 Å². The van der Waals surface area contributed by atoms with Crippen LogP contribution in [0.15, 0.2) is 42.5 Å². The van der Waals surface area contributed by atoms with Crippen LogP contribution in [0.5, 0.6) is 11.5 Å². The van der Waals surface area contributed by atoms with E-state index in [1.165, 1.54) is 0 Å². The molecular weight excluding hydrogens is 350 g/mol. The second kappa shape index (κ2) is 9.48. The van der Waals surface area contributed by atoms with E-state index >= 15 is 0 Å². The molecule has 0 aliphatic rings. The van der Waals surface area contributed by atoms with Gasteiger partial charge >= 0.3 is 0 Å². The lowest BCUT2D eigenvalue weighted by molar-refractivity contribution is 0.0932. The number of ether oxygens (including phenoxy) is 2. The van der Waals surface area contributed by atoms with Crippen LogP contribution in [0.3, 0.4) is 0 Å². The maximum Gasteiger partial charge on any atom is 0.251 e. The molecule has 140 valence electrons. The predicted molar refractivity (Wildman–Crippen MR) is 105 cm³/mol. The Kier molecular flexibility index (Phi) is 7.34. The number of halogens is 1. The van der Waals surface area contributed by atoms with E-state index in [0.29, 0.717) is 28.9 Å². The van der Waals surface area contributed by atoms with Crippen LogP contribution in [0.1, 0.15) is 49.2 Å². The van der Waals surface area contributed by atoms with E-state index in [1.807, 2.05) is 31.2 Å². The van der Waals surface area contributed by atoms with Crippen LogP contribution in [0.2, 0.25) is 5.02 Å². The third-order valence-electron chi connectivity index (χ3n) is 4.02. The molecule has 0 saturated carbocycles. The Bertz CT molecular complexity index is 729. The Labute approximate surface area is 160 Å². The topological polar surface area (TPSA) is 47.6 Å².